The summed E-state index contributed by atoms with van der Waals surface area (Å²) in [7, 11) is 2.21. The fraction of sp³-hybridized carbons (Fsp3) is 0.647. The SMILES string of the molecule is CCc1cc(C)c(N(C)CC)c(CC)c1C(C)C. The van der Waals surface area contributed by atoms with Crippen molar-refractivity contribution in [2.75, 3.05) is 18.5 Å². The molecule has 0 aromatic heterocycles. The van der Waals surface area contributed by atoms with Crippen molar-refractivity contribution in [3.05, 3.63) is 28.3 Å². The fourth-order valence-corrected chi connectivity index (χ4v) is 3.03. The van der Waals surface area contributed by atoms with Crippen molar-refractivity contribution in [3.63, 3.8) is 0 Å². The lowest BCUT2D eigenvalue weighted by atomic mass is 9.86. The molecule has 0 spiro atoms. The van der Waals surface area contributed by atoms with Crippen molar-refractivity contribution in [1.29, 1.82) is 0 Å². The largest absolute Gasteiger partial charge is 0.374 e. The summed E-state index contributed by atoms with van der Waals surface area (Å²) in [5.41, 5.74) is 7.57. The van der Waals surface area contributed by atoms with Crippen molar-refractivity contribution in [1.82, 2.24) is 0 Å². The number of rotatable bonds is 5. The molecule has 0 fully saturated rings. The second kappa shape index (κ2) is 6.26. The van der Waals surface area contributed by atoms with E-state index in [-0.39, 0.29) is 0 Å². The Morgan fingerprint density at radius 1 is 1.11 bits per heavy atom. The van der Waals surface area contributed by atoms with E-state index < -0.39 is 0 Å². The average Bonchev–Trinajstić information content (AvgIpc) is 2.35. The maximum Gasteiger partial charge on any atom is 0.0428 e. The third-order valence-corrected chi connectivity index (χ3v) is 3.89. The summed E-state index contributed by atoms with van der Waals surface area (Å²) in [6.07, 6.45) is 2.26. The van der Waals surface area contributed by atoms with Crippen LogP contribution < -0.4 is 4.90 Å². The molecule has 1 aromatic rings. The first-order valence-corrected chi connectivity index (χ1v) is 7.34. The molecule has 0 aliphatic rings. The molecule has 0 saturated carbocycles. The van der Waals surface area contributed by atoms with Crippen LogP contribution in [0.25, 0.3) is 0 Å². The Labute approximate surface area is 113 Å². The molecule has 0 N–H and O–H groups in total. The molecule has 1 rings (SSSR count). The van der Waals surface area contributed by atoms with Crippen LogP contribution in [-0.4, -0.2) is 13.6 Å². The molecule has 0 atom stereocenters. The van der Waals surface area contributed by atoms with E-state index in [1.165, 1.54) is 16.8 Å². The van der Waals surface area contributed by atoms with E-state index in [0.29, 0.717) is 5.92 Å². The monoisotopic (exact) mass is 247 g/mol. The summed E-state index contributed by atoms with van der Waals surface area (Å²) in [6, 6.07) is 2.40. The number of benzene rings is 1. The predicted octanol–water partition coefficient (Wildman–Crippen LogP) is 4.70. The van der Waals surface area contributed by atoms with Gasteiger partial charge in [-0.05, 0) is 54.9 Å². The Kier molecular flexibility index (Phi) is 5.25. The molecule has 1 nitrogen and oxygen atoms in total. The van der Waals surface area contributed by atoms with Gasteiger partial charge >= 0.3 is 0 Å². The van der Waals surface area contributed by atoms with Crippen LogP contribution in [0.2, 0.25) is 0 Å². The molecule has 0 radical (unpaired) electrons. The second-order valence-electron chi connectivity index (χ2n) is 5.47. The quantitative estimate of drug-likeness (QED) is 0.729. The zero-order valence-corrected chi connectivity index (χ0v) is 13.2. The minimum absolute atomic E-state index is 0.611. The van der Waals surface area contributed by atoms with Gasteiger partial charge < -0.3 is 4.90 Å². The molecule has 0 saturated heterocycles. The minimum atomic E-state index is 0.611. The van der Waals surface area contributed by atoms with Crippen LogP contribution in [0, 0.1) is 6.92 Å². The predicted molar refractivity (Wildman–Crippen MR) is 83.0 cm³/mol. The van der Waals surface area contributed by atoms with Crippen LogP contribution in [0.3, 0.4) is 0 Å². The topological polar surface area (TPSA) is 3.24 Å². The molecule has 0 amide bonds. The molecular weight excluding hydrogens is 218 g/mol. The van der Waals surface area contributed by atoms with E-state index >= 15 is 0 Å². The molecule has 18 heavy (non-hydrogen) atoms. The first-order chi connectivity index (χ1) is 8.47. The van der Waals surface area contributed by atoms with Gasteiger partial charge in [-0.3, -0.25) is 0 Å². The maximum atomic E-state index is 2.40. The number of hydrogen-bond acceptors (Lipinski definition) is 1. The zero-order valence-electron chi connectivity index (χ0n) is 13.2. The Morgan fingerprint density at radius 3 is 2.11 bits per heavy atom. The highest BCUT2D eigenvalue weighted by molar-refractivity contribution is 5.64. The van der Waals surface area contributed by atoms with Gasteiger partial charge in [0.25, 0.3) is 0 Å². The van der Waals surface area contributed by atoms with Gasteiger partial charge in [0.1, 0.15) is 0 Å². The molecular formula is C17H29N. The Hall–Kier alpha value is -0.980. The van der Waals surface area contributed by atoms with E-state index in [1.54, 1.807) is 11.1 Å². The summed E-state index contributed by atoms with van der Waals surface area (Å²) in [5, 5.41) is 0. The van der Waals surface area contributed by atoms with Crippen molar-refractivity contribution in [3.8, 4) is 0 Å². The lowest BCUT2D eigenvalue weighted by Crippen LogP contribution is -2.20. The average molecular weight is 247 g/mol. The van der Waals surface area contributed by atoms with Gasteiger partial charge in [0, 0.05) is 19.3 Å². The van der Waals surface area contributed by atoms with E-state index in [2.05, 4.69) is 59.6 Å². The van der Waals surface area contributed by atoms with Crippen LogP contribution in [0.5, 0.6) is 0 Å². The summed E-state index contributed by atoms with van der Waals surface area (Å²) < 4.78 is 0. The summed E-state index contributed by atoms with van der Waals surface area (Å²) >= 11 is 0. The Bertz CT molecular complexity index is 405. The number of aryl methyl sites for hydroxylation is 2. The smallest absolute Gasteiger partial charge is 0.0428 e. The zero-order chi connectivity index (χ0) is 13.9. The summed E-state index contributed by atoms with van der Waals surface area (Å²) in [5.74, 6) is 0.611. The lowest BCUT2D eigenvalue weighted by molar-refractivity contribution is 0.813. The van der Waals surface area contributed by atoms with E-state index in [9.17, 15) is 0 Å². The van der Waals surface area contributed by atoms with Crippen LogP contribution >= 0.6 is 0 Å². The van der Waals surface area contributed by atoms with Crippen molar-refractivity contribution in [2.45, 2.75) is 60.3 Å². The molecule has 0 bridgehead atoms. The van der Waals surface area contributed by atoms with E-state index in [1.807, 2.05) is 0 Å². The van der Waals surface area contributed by atoms with Gasteiger partial charge in [-0.25, -0.2) is 0 Å². The molecule has 0 heterocycles. The number of anilines is 1. The first-order valence-electron chi connectivity index (χ1n) is 7.34. The van der Waals surface area contributed by atoms with Gasteiger partial charge in [-0.1, -0.05) is 33.8 Å². The third kappa shape index (κ3) is 2.71. The lowest BCUT2D eigenvalue weighted by Gasteiger charge is -2.28. The molecule has 0 aliphatic carbocycles. The van der Waals surface area contributed by atoms with Gasteiger partial charge in [0.05, 0.1) is 0 Å². The van der Waals surface area contributed by atoms with Crippen molar-refractivity contribution >= 4 is 5.69 Å². The maximum absolute atomic E-state index is 2.40. The van der Waals surface area contributed by atoms with Gasteiger partial charge in [-0.15, -0.1) is 0 Å². The molecule has 102 valence electrons. The first kappa shape index (κ1) is 15.1. The number of hydrogen-bond donors (Lipinski definition) is 0. The second-order valence-corrected chi connectivity index (χ2v) is 5.47. The van der Waals surface area contributed by atoms with E-state index in [0.717, 1.165) is 19.4 Å². The van der Waals surface area contributed by atoms with E-state index in [4.69, 9.17) is 0 Å². The summed E-state index contributed by atoms with van der Waals surface area (Å²) in [6.45, 7) is 14.7. The highest BCUT2D eigenvalue weighted by atomic mass is 15.1. The van der Waals surface area contributed by atoms with Crippen molar-refractivity contribution in [2.24, 2.45) is 0 Å². The number of nitrogens with zero attached hydrogens (tertiary/aromatic N) is 1. The molecule has 0 unspecified atom stereocenters. The van der Waals surface area contributed by atoms with Crippen LogP contribution in [-0.2, 0) is 12.8 Å². The Balaban J connectivity index is 3.57. The van der Waals surface area contributed by atoms with Gasteiger partial charge in [-0.2, -0.15) is 0 Å². The Morgan fingerprint density at radius 2 is 1.72 bits per heavy atom. The molecule has 1 heteroatoms. The normalized spacial score (nSPS) is 11.1. The minimum Gasteiger partial charge on any atom is -0.374 e. The van der Waals surface area contributed by atoms with Crippen LogP contribution in [0.4, 0.5) is 5.69 Å². The molecule has 1 aromatic carbocycles. The fourth-order valence-electron chi connectivity index (χ4n) is 3.03. The van der Waals surface area contributed by atoms with Crippen LogP contribution in [0.15, 0.2) is 6.07 Å². The highest BCUT2D eigenvalue weighted by Gasteiger charge is 2.18. The standard InChI is InChI=1S/C17H29N/c1-8-14-11-13(6)17(18(7)10-3)15(9-2)16(14)12(4)5/h11-12H,8-10H2,1-7H3. The summed E-state index contributed by atoms with van der Waals surface area (Å²) in [4.78, 5) is 2.39. The third-order valence-electron chi connectivity index (χ3n) is 3.89. The van der Waals surface area contributed by atoms with Crippen molar-refractivity contribution < 1.29 is 0 Å². The van der Waals surface area contributed by atoms with Gasteiger partial charge in [0.15, 0.2) is 0 Å². The highest BCUT2D eigenvalue weighted by Crippen LogP contribution is 2.35. The van der Waals surface area contributed by atoms with Gasteiger partial charge in [0.2, 0.25) is 0 Å². The van der Waals surface area contributed by atoms with Crippen LogP contribution in [0.1, 0.15) is 62.8 Å². The molecule has 0 aliphatic heterocycles.